The molecule has 0 aliphatic heterocycles. The molecule has 4 nitrogen and oxygen atoms in total. The Labute approximate surface area is 47.3 Å². The number of rotatable bonds is 4. The van der Waals surface area contributed by atoms with E-state index in [9.17, 15) is 0 Å². The summed E-state index contributed by atoms with van der Waals surface area (Å²) in [5, 5.41) is 18.3. The molecule has 0 amide bonds. The quantitative estimate of drug-likeness (QED) is 0.188. The summed E-state index contributed by atoms with van der Waals surface area (Å²) in [6, 6.07) is 0. The minimum atomic E-state index is 0.284. The van der Waals surface area contributed by atoms with E-state index < -0.39 is 0 Å². The van der Waals surface area contributed by atoms with Crippen LogP contribution in [-0.2, 0) is 4.89 Å². The van der Waals surface area contributed by atoms with Crippen molar-refractivity contribution in [2.24, 2.45) is 5.16 Å². The van der Waals surface area contributed by atoms with E-state index in [2.05, 4.69) is 10.0 Å². The topological polar surface area (TPSA) is 62.1 Å². The van der Waals surface area contributed by atoms with Crippen LogP contribution in [0.1, 0.15) is 12.8 Å². The largest absolute Gasteiger partial charge is 0.411 e. The Hall–Kier alpha value is -0.610. The maximum absolute atomic E-state index is 7.83. The van der Waals surface area contributed by atoms with Crippen molar-refractivity contribution in [1.29, 1.82) is 0 Å². The van der Waals surface area contributed by atoms with E-state index in [1.54, 1.807) is 0 Å². The van der Waals surface area contributed by atoms with Gasteiger partial charge in [-0.1, -0.05) is 0 Å². The molecule has 2 N–H and O–H groups in total. The van der Waals surface area contributed by atoms with Crippen LogP contribution >= 0.6 is 0 Å². The zero-order valence-electron chi connectivity index (χ0n) is 4.45. The lowest BCUT2D eigenvalue weighted by atomic mass is 10.3. The van der Waals surface area contributed by atoms with Gasteiger partial charge in [0.1, 0.15) is 0 Å². The van der Waals surface area contributed by atoms with E-state index in [4.69, 9.17) is 10.5 Å². The SMILES string of the molecule is ON=CCCCOO. The maximum atomic E-state index is 7.83. The van der Waals surface area contributed by atoms with E-state index in [1.807, 2.05) is 0 Å². The molecule has 0 atom stereocenters. The summed E-state index contributed by atoms with van der Waals surface area (Å²) in [6.07, 6.45) is 2.64. The van der Waals surface area contributed by atoms with Crippen molar-refractivity contribution in [2.75, 3.05) is 6.61 Å². The lowest BCUT2D eigenvalue weighted by Gasteiger charge is -1.88. The molecule has 0 radical (unpaired) electrons. The van der Waals surface area contributed by atoms with E-state index in [-0.39, 0.29) is 6.61 Å². The van der Waals surface area contributed by atoms with Gasteiger partial charge in [-0.25, -0.2) is 4.89 Å². The zero-order chi connectivity index (χ0) is 6.24. The van der Waals surface area contributed by atoms with Crippen molar-refractivity contribution in [3.8, 4) is 0 Å². The highest BCUT2D eigenvalue weighted by atomic mass is 17.1. The molecule has 0 aromatic heterocycles. The van der Waals surface area contributed by atoms with Gasteiger partial charge >= 0.3 is 0 Å². The van der Waals surface area contributed by atoms with Gasteiger partial charge in [-0.3, -0.25) is 5.26 Å². The van der Waals surface area contributed by atoms with Crippen molar-refractivity contribution in [3.63, 3.8) is 0 Å². The molecular formula is C4H9NO3. The summed E-state index contributed by atoms with van der Waals surface area (Å²) in [6.45, 7) is 0.284. The van der Waals surface area contributed by atoms with Crippen LogP contribution in [0.15, 0.2) is 5.16 Å². The Bertz CT molecular complexity index is 64.3. The molecular weight excluding hydrogens is 110 g/mol. The molecule has 4 heteroatoms. The minimum Gasteiger partial charge on any atom is -0.411 e. The molecule has 0 heterocycles. The molecule has 0 unspecified atom stereocenters. The fourth-order valence-electron chi connectivity index (χ4n) is 0.297. The van der Waals surface area contributed by atoms with E-state index in [0.29, 0.717) is 12.8 Å². The summed E-state index contributed by atoms with van der Waals surface area (Å²) in [5.74, 6) is 0. The summed E-state index contributed by atoms with van der Waals surface area (Å²) in [5.41, 5.74) is 0. The highest BCUT2D eigenvalue weighted by molar-refractivity contribution is 5.55. The van der Waals surface area contributed by atoms with Crippen molar-refractivity contribution in [1.82, 2.24) is 0 Å². The Morgan fingerprint density at radius 2 is 2.38 bits per heavy atom. The molecule has 0 fully saturated rings. The van der Waals surface area contributed by atoms with Gasteiger partial charge in [0.05, 0.1) is 6.61 Å². The third-order valence-corrected chi connectivity index (χ3v) is 0.650. The summed E-state index contributed by atoms with van der Waals surface area (Å²) in [4.78, 5) is 3.75. The van der Waals surface area contributed by atoms with Crippen molar-refractivity contribution in [3.05, 3.63) is 0 Å². The number of unbranched alkanes of at least 4 members (excludes halogenated alkanes) is 1. The molecule has 0 aliphatic rings. The predicted molar refractivity (Wildman–Crippen MR) is 28.1 cm³/mol. The molecule has 0 aromatic carbocycles. The molecule has 0 saturated heterocycles. The first-order chi connectivity index (χ1) is 3.91. The zero-order valence-corrected chi connectivity index (χ0v) is 4.45. The molecule has 0 rings (SSSR count). The molecule has 0 aromatic rings. The highest BCUT2D eigenvalue weighted by Gasteiger charge is 1.81. The van der Waals surface area contributed by atoms with Crippen LogP contribution in [0.3, 0.4) is 0 Å². The monoisotopic (exact) mass is 119 g/mol. The van der Waals surface area contributed by atoms with Gasteiger partial charge in [0.15, 0.2) is 0 Å². The van der Waals surface area contributed by atoms with Crippen molar-refractivity contribution in [2.45, 2.75) is 12.8 Å². The van der Waals surface area contributed by atoms with Crippen LogP contribution in [0.5, 0.6) is 0 Å². The summed E-state index contributed by atoms with van der Waals surface area (Å²) < 4.78 is 0. The second kappa shape index (κ2) is 6.39. The average molecular weight is 119 g/mol. The average Bonchev–Trinajstić information content (AvgIpc) is 1.81. The fraction of sp³-hybridized carbons (Fsp3) is 0.750. The second-order valence-corrected chi connectivity index (χ2v) is 1.27. The van der Waals surface area contributed by atoms with Gasteiger partial charge in [0, 0.05) is 6.21 Å². The van der Waals surface area contributed by atoms with Crippen LogP contribution in [0.2, 0.25) is 0 Å². The Balaban J connectivity index is 2.72. The van der Waals surface area contributed by atoms with Crippen molar-refractivity contribution < 1.29 is 15.4 Å². The van der Waals surface area contributed by atoms with E-state index in [0.717, 1.165) is 0 Å². The smallest absolute Gasteiger partial charge is 0.0823 e. The number of oxime groups is 1. The molecule has 0 aliphatic carbocycles. The first-order valence-electron chi connectivity index (χ1n) is 2.34. The van der Waals surface area contributed by atoms with Gasteiger partial charge in [-0.05, 0) is 12.8 Å². The van der Waals surface area contributed by atoms with E-state index in [1.165, 1.54) is 6.21 Å². The number of hydrogen-bond donors (Lipinski definition) is 2. The summed E-state index contributed by atoms with van der Waals surface area (Å²) in [7, 11) is 0. The van der Waals surface area contributed by atoms with Gasteiger partial charge in [-0.2, -0.15) is 0 Å². The highest BCUT2D eigenvalue weighted by Crippen LogP contribution is 1.83. The standard InChI is InChI=1S/C4H9NO3/c6-5-3-1-2-4-8-7/h3,6-7H,1-2,4H2. The Morgan fingerprint density at radius 1 is 1.62 bits per heavy atom. The van der Waals surface area contributed by atoms with Crippen LogP contribution in [0.25, 0.3) is 0 Å². The molecule has 8 heavy (non-hydrogen) atoms. The second-order valence-electron chi connectivity index (χ2n) is 1.27. The van der Waals surface area contributed by atoms with Crippen LogP contribution < -0.4 is 0 Å². The molecule has 0 spiro atoms. The van der Waals surface area contributed by atoms with Crippen LogP contribution in [0.4, 0.5) is 0 Å². The van der Waals surface area contributed by atoms with Gasteiger partial charge < -0.3 is 5.21 Å². The van der Waals surface area contributed by atoms with E-state index >= 15 is 0 Å². The Kier molecular flexibility index (Phi) is 5.90. The van der Waals surface area contributed by atoms with Crippen molar-refractivity contribution >= 4 is 6.21 Å². The third-order valence-electron chi connectivity index (χ3n) is 0.650. The third kappa shape index (κ3) is 5.39. The lowest BCUT2D eigenvalue weighted by molar-refractivity contribution is -0.242. The van der Waals surface area contributed by atoms with Gasteiger partial charge in [0.2, 0.25) is 0 Å². The molecule has 48 valence electrons. The first kappa shape index (κ1) is 7.39. The maximum Gasteiger partial charge on any atom is 0.0823 e. The van der Waals surface area contributed by atoms with Gasteiger partial charge in [0.25, 0.3) is 0 Å². The normalized spacial score (nSPS) is 10.6. The molecule has 0 bridgehead atoms. The minimum absolute atomic E-state index is 0.284. The molecule has 0 saturated carbocycles. The lowest BCUT2D eigenvalue weighted by Crippen LogP contribution is -1.88. The van der Waals surface area contributed by atoms with Gasteiger partial charge in [-0.15, -0.1) is 5.16 Å². The Morgan fingerprint density at radius 3 is 2.88 bits per heavy atom. The van der Waals surface area contributed by atoms with Crippen LogP contribution in [0, 0.1) is 0 Å². The predicted octanol–water partition coefficient (Wildman–Crippen LogP) is 0.716. The number of nitrogens with zero attached hydrogens (tertiary/aromatic N) is 1. The van der Waals surface area contributed by atoms with Crippen LogP contribution in [-0.4, -0.2) is 23.3 Å². The summed E-state index contributed by atoms with van der Waals surface area (Å²) >= 11 is 0. The first-order valence-corrected chi connectivity index (χ1v) is 2.34. The fourth-order valence-corrected chi connectivity index (χ4v) is 0.297. The number of hydrogen-bond acceptors (Lipinski definition) is 4.